The van der Waals surface area contributed by atoms with Crippen LogP contribution in [0.4, 0.5) is 4.79 Å². The first-order valence-electron chi connectivity index (χ1n) is 10.5. The molecular weight excluding hydrogens is 444 g/mol. The minimum Gasteiger partial charge on any atom is -0.321 e. The number of hydrogen-bond donors (Lipinski definition) is 3. The Balaban J connectivity index is 1.42. The van der Waals surface area contributed by atoms with Crippen LogP contribution in [0.1, 0.15) is 48.6 Å². The van der Waals surface area contributed by atoms with Crippen molar-refractivity contribution in [2.45, 2.75) is 43.0 Å². The van der Waals surface area contributed by atoms with Crippen molar-refractivity contribution in [3.05, 3.63) is 58.9 Å². The molecule has 1 saturated carbocycles. The molecule has 2 heterocycles. The van der Waals surface area contributed by atoms with Gasteiger partial charge in [-0.15, -0.1) is 0 Å². The second-order valence-electron chi connectivity index (χ2n) is 8.97. The number of carbonyl (C=O) groups excluding carboxylic acids is 2. The Morgan fingerprint density at radius 2 is 1.88 bits per heavy atom. The number of carbonyl (C=O) groups is 2. The van der Waals surface area contributed by atoms with E-state index in [4.69, 9.17) is 10.9 Å². The number of hydroxylamine groups is 1. The van der Waals surface area contributed by atoms with Gasteiger partial charge in [0.05, 0.1) is 6.54 Å². The molecule has 4 N–H and O–H groups in total. The lowest BCUT2D eigenvalue weighted by atomic mass is 10.0. The monoisotopic (exact) mass is 470 g/mol. The number of fused-ring (bicyclic) bond motifs is 1. The Hall–Kier alpha value is -3.13. The lowest BCUT2D eigenvalue weighted by Gasteiger charge is -2.27. The Kier molecular flexibility index (Phi) is 5.60. The average molecular weight is 471 g/mol. The smallest absolute Gasteiger partial charge is 0.321 e. The van der Waals surface area contributed by atoms with Gasteiger partial charge in [-0.25, -0.2) is 18.7 Å². The number of hydrogen-bond acceptors (Lipinski definition) is 6. The first-order valence-corrected chi connectivity index (χ1v) is 12.4. The number of benzene rings is 1. The maximum absolute atomic E-state index is 12.8. The third kappa shape index (κ3) is 4.27. The highest BCUT2D eigenvalue weighted by Gasteiger charge is 2.44. The summed E-state index contributed by atoms with van der Waals surface area (Å²) in [6, 6.07) is 9.37. The quantitative estimate of drug-likeness (QED) is 0.331. The molecule has 174 valence electrons. The summed E-state index contributed by atoms with van der Waals surface area (Å²) in [5, 5.41) is 8.93. The molecule has 4 rings (SSSR count). The molecule has 1 fully saturated rings. The van der Waals surface area contributed by atoms with Crippen LogP contribution in [0.15, 0.2) is 36.5 Å². The van der Waals surface area contributed by atoms with Gasteiger partial charge >= 0.3 is 6.03 Å². The molecular formula is C23H26N4O5S. The summed E-state index contributed by atoms with van der Waals surface area (Å²) < 4.78 is 23.8. The second kappa shape index (κ2) is 8.02. The van der Waals surface area contributed by atoms with Crippen LogP contribution < -0.4 is 11.2 Å². The van der Waals surface area contributed by atoms with E-state index in [0.29, 0.717) is 5.56 Å². The highest BCUT2D eigenvalue weighted by molar-refractivity contribution is 7.92. The second-order valence-corrected chi connectivity index (χ2v) is 11.4. The third-order valence-corrected chi connectivity index (χ3v) is 8.61. The highest BCUT2D eigenvalue weighted by Crippen LogP contribution is 2.42. The van der Waals surface area contributed by atoms with Gasteiger partial charge in [-0.05, 0) is 49.9 Å². The number of amides is 2. The van der Waals surface area contributed by atoms with E-state index in [2.05, 4.69) is 11.8 Å². The largest absolute Gasteiger partial charge is 0.328 e. The summed E-state index contributed by atoms with van der Waals surface area (Å²) >= 11 is 0. The van der Waals surface area contributed by atoms with Crippen molar-refractivity contribution in [2.24, 2.45) is 5.73 Å². The molecule has 2 amide bonds. The van der Waals surface area contributed by atoms with Gasteiger partial charge in [0.2, 0.25) is 0 Å². The molecule has 1 aliphatic heterocycles. The van der Waals surface area contributed by atoms with E-state index in [-0.39, 0.29) is 31.1 Å². The topological polar surface area (TPSA) is 135 Å². The van der Waals surface area contributed by atoms with Crippen LogP contribution in [0, 0.1) is 11.8 Å². The molecule has 0 spiro atoms. The molecule has 0 bridgehead atoms. The fourth-order valence-electron chi connectivity index (χ4n) is 3.85. The van der Waals surface area contributed by atoms with E-state index in [1.807, 2.05) is 30.3 Å². The average Bonchev–Trinajstić information content (AvgIpc) is 3.29. The van der Waals surface area contributed by atoms with Crippen LogP contribution in [0.2, 0.25) is 0 Å². The first kappa shape index (κ1) is 23.0. The third-order valence-electron chi connectivity index (χ3n) is 6.59. The highest BCUT2D eigenvalue weighted by atomic mass is 32.2. The van der Waals surface area contributed by atoms with Crippen molar-refractivity contribution < 1.29 is 23.2 Å². The summed E-state index contributed by atoms with van der Waals surface area (Å²) in [6.07, 6.45) is 4.43. The molecule has 0 saturated heterocycles. The summed E-state index contributed by atoms with van der Waals surface area (Å²) in [4.78, 5) is 26.2. The number of rotatable bonds is 6. The Morgan fingerprint density at radius 1 is 1.24 bits per heavy atom. The van der Waals surface area contributed by atoms with Crippen molar-refractivity contribution in [3.8, 4) is 11.8 Å². The van der Waals surface area contributed by atoms with Gasteiger partial charge in [0.15, 0.2) is 14.6 Å². The van der Waals surface area contributed by atoms with E-state index in [1.165, 1.54) is 21.9 Å². The maximum atomic E-state index is 12.8. The normalized spacial score (nSPS) is 18.2. The summed E-state index contributed by atoms with van der Waals surface area (Å²) in [5.41, 5.74) is 10.8. The van der Waals surface area contributed by atoms with Gasteiger partial charge in [0.1, 0.15) is 0 Å². The molecule has 2 aliphatic rings. The molecule has 9 nitrogen and oxygen atoms in total. The number of nitrogens with zero attached hydrogens (tertiary/aromatic N) is 2. The van der Waals surface area contributed by atoms with Crippen LogP contribution in [-0.4, -0.2) is 52.6 Å². The van der Waals surface area contributed by atoms with E-state index in [0.717, 1.165) is 35.9 Å². The predicted octanol–water partition coefficient (Wildman–Crippen LogP) is 1.32. The molecule has 2 aromatic rings. The van der Waals surface area contributed by atoms with E-state index >= 15 is 0 Å². The zero-order valence-corrected chi connectivity index (χ0v) is 19.3. The van der Waals surface area contributed by atoms with Crippen molar-refractivity contribution in [3.63, 3.8) is 0 Å². The Morgan fingerprint density at radius 3 is 2.42 bits per heavy atom. The number of nitrogens with one attached hydrogen (secondary N) is 1. The summed E-state index contributed by atoms with van der Waals surface area (Å²) in [6.45, 7) is 1.54. The SMILES string of the molecule is CC(CCN1Cc2cc(C#Cc3ccc(C4(N)CC4)cc3)cn2C1=O)(C(=O)NO)S(C)(=O)=O. The summed E-state index contributed by atoms with van der Waals surface area (Å²) in [7, 11) is -3.83. The Bertz CT molecular complexity index is 1280. The van der Waals surface area contributed by atoms with E-state index in [1.54, 1.807) is 6.20 Å². The van der Waals surface area contributed by atoms with Crippen LogP contribution in [0.3, 0.4) is 0 Å². The van der Waals surface area contributed by atoms with Gasteiger partial charge < -0.3 is 10.6 Å². The molecule has 1 unspecified atom stereocenters. The summed E-state index contributed by atoms with van der Waals surface area (Å²) in [5.74, 6) is 5.13. The zero-order valence-electron chi connectivity index (χ0n) is 18.5. The number of nitrogens with two attached hydrogens (primary N) is 1. The van der Waals surface area contributed by atoms with E-state index in [9.17, 15) is 18.0 Å². The molecule has 0 radical (unpaired) electrons. The Labute approximate surface area is 192 Å². The first-order chi connectivity index (χ1) is 15.5. The molecule has 1 aromatic carbocycles. The van der Waals surface area contributed by atoms with Gasteiger partial charge in [0.25, 0.3) is 5.91 Å². The van der Waals surface area contributed by atoms with E-state index < -0.39 is 20.5 Å². The number of sulfone groups is 1. The minimum absolute atomic E-state index is 0.0352. The van der Waals surface area contributed by atoms with Crippen molar-refractivity contribution >= 4 is 21.8 Å². The van der Waals surface area contributed by atoms with Crippen LogP contribution in [0.25, 0.3) is 0 Å². The molecule has 1 aromatic heterocycles. The zero-order chi connectivity index (χ0) is 24.0. The van der Waals surface area contributed by atoms with Crippen molar-refractivity contribution in [1.82, 2.24) is 14.9 Å². The predicted molar refractivity (Wildman–Crippen MR) is 121 cm³/mol. The molecule has 33 heavy (non-hydrogen) atoms. The van der Waals surface area contributed by atoms with Gasteiger partial charge in [-0.3, -0.25) is 14.6 Å². The van der Waals surface area contributed by atoms with Gasteiger partial charge in [0, 0.05) is 41.4 Å². The molecule has 1 aliphatic carbocycles. The van der Waals surface area contributed by atoms with Crippen LogP contribution in [-0.2, 0) is 26.7 Å². The fourth-order valence-corrected chi connectivity index (χ4v) is 4.70. The standard InChI is InChI=1S/C23H26N4O5S/c1-22(20(28)25-30,33(2,31)32)11-12-26-15-19-13-17(14-27(19)21(26)29)4-3-16-5-7-18(8-6-16)23(24)9-10-23/h5-8,13-14,30H,9-12,15,24H2,1-2H3,(H,25,28). The van der Waals surface area contributed by atoms with Crippen molar-refractivity contribution in [1.29, 1.82) is 0 Å². The van der Waals surface area contributed by atoms with Gasteiger partial charge in [-0.2, -0.15) is 0 Å². The molecule has 10 heteroatoms. The maximum Gasteiger partial charge on any atom is 0.328 e. The lowest BCUT2D eigenvalue weighted by molar-refractivity contribution is -0.131. The minimum atomic E-state index is -3.83. The number of aromatic nitrogens is 1. The lowest BCUT2D eigenvalue weighted by Crippen LogP contribution is -2.50. The van der Waals surface area contributed by atoms with Crippen molar-refractivity contribution in [2.75, 3.05) is 12.8 Å². The molecule has 1 atom stereocenters. The fraction of sp³-hybridized carbons (Fsp3) is 0.391. The van der Waals surface area contributed by atoms with Crippen LogP contribution in [0.5, 0.6) is 0 Å². The van der Waals surface area contributed by atoms with Gasteiger partial charge in [-0.1, -0.05) is 24.0 Å². The van der Waals surface area contributed by atoms with Crippen LogP contribution >= 0.6 is 0 Å².